The van der Waals surface area contributed by atoms with Crippen LogP contribution in [0.1, 0.15) is 30.9 Å². The van der Waals surface area contributed by atoms with Crippen LogP contribution in [-0.4, -0.2) is 45.3 Å². The molecule has 0 bridgehead atoms. The number of benzene rings is 1. The van der Waals surface area contributed by atoms with Gasteiger partial charge in [-0.25, -0.2) is 0 Å². The van der Waals surface area contributed by atoms with E-state index in [9.17, 15) is 0 Å². The molecule has 2 aliphatic rings. The fourth-order valence-electron chi connectivity index (χ4n) is 3.60. The molecule has 1 saturated carbocycles. The molecule has 122 valence electrons. The molecule has 2 fully saturated rings. The first kappa shape index (κ1) is 15.9. The van der Waals surface area contributed by atoms with Crippen molar-refractivity contribution < 1.29 is 9.47 Å². The van der Waals surface area contributed by atoms with Gasteiger partial charge in [-0.2, -0.15) is 0 Å². The second-order valence-corrected chi connectivity index (χ2v) is 6.50. The maximum Gasteiger partial charge on any atom is 0.179 e. The average molecular weight is 325 g/mol. The zero-order valence-electron chi connectivity index (χ0n) is 13.4. The van der Waals surface area contributed by atoms with Crippen molar-refractivity contribution in [2.24, 2.45) is 5.92 Å². The SMILES string of the molecule is COc1ccc([C@@H](C2CCC2)N2CCNCC2)c(Cl)c1OC. The number of nitrogens with zero attached hydrogens (tertiary/aromatic N) is 1. The van der Waals surface area contributed by atoms with Crippen LogP contribution in [0.15, 0.2) is 12.1 Å². The lowest BCUT2D eigenvalue weighted by Gasteiger charge is -2.43. The number of ether oxygens (including phenoxy) is 2. The minimum atomic E-state index is 0.392. The zero-order chi connectivity index (χ0) is 15.5. The monoisotopic (exact) mass is 324 g/mol. The van der Waals surface area contributed by atoms with E-state index in [0.717, 1.165) is 26.2 Å². The minimum Gasteiger partial charge on any atom is -0.493 e. The third kappa shape index (κ3) is 2.92. The molecular weight excluding hydrogens is 300 g/mol. The summed E-state index contributed by atoms with van der Waals surface area (Å²) in [4.78, 5) is 2.58. The fraction of sp³-hybridized carbons (Fsp3) is 0.647. The summed E-state index contributed by atoms with van der Waals surface area (Å²) in [6.45, 7) is 4.25. The molecule has 1 aliphatic heterocycles. The molecular formula is C17H25ClN2O2. The van der Waals surface area contributed by atoms with Crippen molar-refractivity contribution in [3.8, 4) is 11.5 Å². The second kappa shape index (κ2) is 7.07. The maximum absolute atomic E-state index is 6.68. The Morgan fingerprint density at radius 1 is 1.18 bits per heavy atom. The number of nitrogens with one attached hydrogen (secondary N) is 1. The van der Waals surface area contributed by atoms with Gasteiger partial charge >= 0.3 is 0 Å². The maximum atomic E-state index is 6.68. The molecule has 4 nitrogen and oxygen atoms in total. The Morgan fingerprint density at radius 3 is 2.45 bits per heavy atom. The summed E-state index contributed by atoms with van der Waals surface area (Å²) in [5.74, 6) is 2.05. The molecule has 1 atom stereocenters. The third-order valence-electron chi connectivity index (χ3n) is 4.97. The molecule has 0 aromatic heterocycles. The Hall–Kier alpha value is -0.970. The molecule has 1 heterocycles. The van der Waals surface area contributed by atoms with Crippen LogP contribution in [0.2, 0.25) is 5.02 Å². The van der Waals surface area contributed by atoms with Crippen molar-refractivity contribution in [1.82, 2.24) is 10.2 Å². The summed E-state index contributed by atoms with van der Waals surface area (Å²) < 4.78 is 10.9. The van der Waals surface area contributed by atoms with Crippen LogP contribution in [0.25, 0.3) is 0 Å². The van der Waals surface area contributed by atoms with Gasteiger partial charge in [0.1, 0.15) is 0 Å². The molecule has 22 heavy (non-hydrogen) atoms. The van der Waals surface area contributed by atoms with E-state index in [4.69, 9.17) is 21.1 Å². The number of hydrogen-bond acceptors (Lipinski definition) is 4. The van der Waals surface area contributed by atoms with Crippen LogP contribution >= 0.6 is 11.6 Å². The van der Waals surface area contributed by atoms with Crippen LogP contribution in [0.4, 0.5) is 0 Å². The number of methoxy groups -OCH3 is 2. The summed E-state index contributed by atoms with van der Waals surface area (Å²) in [6.07, 6.45) is 3.91. The molecule has 0 radical (unpaired) electrons. The van der Waals surface area contributed by atoms with Crippen LogP contribution < -0.4 is 14.8 Å². The zero-order valence-corrected chi connectivity index (χ0v) is 14.2. The van der Waals surface area contributed by atoms with E-state index < -0.39 is 0 Å². The fourth-order valence-corrected chi connectivity index (χ4v) is 3.94. The summed E-state index contributed by atoms with van der Waals surface area (Å²) in [5, 5.41) is 4.14. The molecule has 5 heteroatoms. The number of hydrogen-bond donors (Lipinski definition) is 1. The lowest BCUT2D eigenvalue weighted by Crippen LogP contribution is -2.47. The topological polar surface area (TPSA) is 33.7 Å². The van der Waals surface area contributed by atoms with Crippen molar-refractivity contribution in [3.63, 3.8) is 0 Å². The number of piperazine rings is 1. The standard InChI is InChI=1S/C17H25ClN2O2/c1-21-14-7-6-13(15(18)17(14)22-2)16(12-4-3-5-12)20-10-8-19-9-11-20/h6-7,12,16,19H,3-5,8-11H2,1-2H3/t16-/m1/s1. The Morgan fingerprint density at radius 2 is 1.91 bits per heavy atom. The van der Waals surface area contributed by atoms with E-state index in [2.05, 4.69) is 16.3 Å². The highest BCUT2D eigenvalue weighted by atomic mass is 35.5. The van der Waals surface area contributed by atoms with E-state index in [0.29, 0.717) is 28.5 Å². The highest BCUT2D eigenvalue weighted by Crippen LogP contribution is 2.47. The van der Waals surface area contributed by atoms with Crippen LogP contribution in [0, 0.1) is 5.92 Å². The number of halogens is 1. The smallest absolute Gasteiger partial charge is 0.179 e. The van der Waals surface area contributed by atoms with E-state index in [1.54, 1.807) is 14.2 Å². The lowest BCUT2D eigenvalue weighted by molar-refractivity contribution is 0.0836. The largest absolute Gasteiger partial charge is 0.493 e. The summed E-state index contributed by atoms with van der Waals surface area (Å²) >= 11 is 6.68. The van der Waals surface area contributed by atoms with Gasteiger partial charge in [-0.15, -0.1) is 0 Å². The quantitative estimate of drug-likeness (QED) is 0.902. The Kier molecular flexibility index (Phi) is 5.11. The van der Waals surface area contributed by atoms with Gasteiger partial charge in [-0.05, 0) is 30.4 Å². The summed E-state index contributed by atoms with van der Waals surface area (Å²) in [6, 6.07) is 4.49. The molecule has 1 aromatic carbocycles. The number of rotatable bonds is 5. The predicted molar refractivity (Wildman–Crippen MR) is 89.1 cm³/mol. The summed E-state index contributed by atoms with van der Waals surface area (Å²) in [7, 11) is 3.30. The van der Waals surface area contributed by atoms with Gasteiger partial charge in [0.2, 0.25) is 0 Å². The van der Waals surface area contributed by atoms with Gasteiger partial charge in [-0.3, -0.25) is 4.90 Å². The Balaban J connectivity index is 1.96. The highest BCUT2D eigenvalue weighted by Gasteiger charge is 2.35. The molecule has 0 unspecified atom stereocenters. The van der Waals surface area contributed by atoms with Crippen molar-refractivity contribution >= 4 is 11.6 Å². The van der Waals surface area contributed by atoms with Gasteiger partial charge in [0, 0.05) is 32.2 Å². The van der Waals surface area contributed by atoms with Crippen LogP contribution in [0.3, 0.4) is 0 Å². The second-order valence-electron chi connectivity index (χ2n) is 6.13. The van der Waals surface area contributed by atoms with Gasteiger partial charge < -0.3 is 14.8 Å². The molecule has 1 aromatic rings. The Labute approximate surface area is 137 Å². The first-order valence-corrected chi connectivity index (χ1v) is 8.49. The average Bonchev–Trinajstić information content (AvgIpc) is 2.51. The first-order valence-electron chi connectivity index (χ1n) is 8.11. The highest BCUT2D eigenvalue weighted by molar-refractivity contribution is 6.33. The van der Waals surface area contributed by atoms with Crippen molar-refractivity contribution in [2.75, 3.05) is 40.4 Å². The van der Waals surface area contributed by atoms with E-state index in [1.165, 1.54) is 24.8 Å². The van der Waals surface area contributed by atoms with E-state index in [1.807, 2.05) is 6.07 Å². The first-order chi connectivity index (χ1) is 10.8. The van der Waals surface area contributed by atoms with E-state index >= 15 is 0 Å². The normalized spacial score (nSPS) is 21.2. The lowest BCUT2D eigenvalue weighted by atomic mass is 9.76. The van der Waals surface area contributed by atoms with Gasteiger partial charge in [0.25, 0.3) is 0 Å². The molecule has 0 amide bonds. The predicted octanol–water partition coefficient (Wildman–Crippen LogP) is 3.10. The molecule has 1 saturated heterocycles. The Bertz CT molecular complexity index is 514. The van der Waals surface area contributed by atoms with Crippen molar-refractivity contribution in [3.05, 3.63) is 22.7 Å². The van der Waals surface area contributed by atoms with Crippen molar-refractivity contribution in [1.29, 1.82) is 0 Å². The molecule has 1 N–H and O–H groups in total. The van der Waals surface area contributed by atoms with Crippen LogP contribution in [-0.2, 0) is 0 Å². The minimum absolute atomic E-state index is 0.392. The summed E-state index contributed by atoms with van der Waals surface area (Å²) in [5.41, 5.74) is 1.19. The van der Waals surface area contributed by atoms with Gasteiger partial charge in [0.15, 0.2) is 11.5 Å². The molecule has 1 aliphatic carbocycles. The molecule has 0 spiro atoms. The van der Waals surface area contributed by atoms with Crippen LogP contribution in [0.5, 0.6) is 11.5 Å². The molecule has 3 rings (SSSR count). The van der Waals surface area contributed by atoms with Gasteiger partial charge in [-0.1, -0.05) is 24.1 Å². The third-order valence-corrected chi connectivity index (χ3v) is 5.36. The van der Waals surface area contributed by atoms with Crippen molar-refractivity contribution in [2.45, 2.75) is 25.3 Å². The van der Waals surface area contributed by atoms with Gasteiger partial charge in [0.05, 0.1) is 19.2 Å². The van der Waals surface area contributed by atoms with E-state index in [-0.39, 0.29) is 0 Å².